The summed E-state index contributed by atoms with van der Waals surface area (Å²) in [5.74, 6) is 0.876. The summed E-state index contributed by atoms with van der Waals surface area (Å²) in [6, 6.07) is 7.15. The van der Waals surface area contributed by atoms with Crippen LogP contribution in [0.1, 0.15) is 28.3 Å². The van der Waals surface area contributed by atoms with E-state index in [4.69, 9.17) is 4.42 Å². The fourth-order valence-corrected chi connectivity index (χ4v) is 2.89. The van der Waals surface area contributed by atoms with Gasteiger partial charge in [0.05, 0.1) is 22.7 Å². The van der Waals surface area contributed by atoms with Gasteiger partial charge in [-0.25, -0.2) is 0 Å². The van der Waals surface area contributed by atoms with Crippen LogP contribution in [0.3, 0.4) is 0 Å². The van der Waals surface area contributed by atoms with E-state index in [0.717, 1.165) is 23.6 Å². The maximum atomic E-state index is 12.3. The van der Waals surface area contributed by atoms with Crippen LogP contribution in [0.25, 0.3) is 0 Å². The summed E-state index contributed by atoms with van der Waals surface area (Å²) in [6.45, 7) is 0.424. The Balaban J connectivity index is 1.61. The van der Waals surface area contributed by atoms with Gasteiger partial charge in [0.1, 0.15) is 5.76 Å². The zero-order valence-corrected chi connectivity index (χ0v) is 12.5. The van der Waals surface area contributed by atoms with Gasteiger partial charge in [0.25, 0.3) is 5.91 Å². The SMILES string of the molecule is CN(Cc1ccco1)C(=O)c1ccc(NC(=O)C2CC2)s1. The maximum absolute atomic E-state index is 12.3. The van der Waals surface area contributed by atoms with E-state index < -0.39 is 0 Å². The zero-order valence-electron chi connectivity index (χ0n) is 11.7. The Kier molecular flexibility index (Phi) is 3.79. The van der Waals surface area contributed by atoms with Gasteiger partial charge in [0.2, 0.25) is 5.91 Å². The zero-order chi connectivity index (χ0) is 14.8. The Hall–Kier alpha value is -2.08. The highest BCUT2D eigenvalue weighted by molar-refractivity contribution is 7.18. The second-order valence-corrected chi connectivity index (χ2v) is 6.25. The molecule has 5 nitrogen and oxygen atoms in total. The van der Waals surface area contributed by atoms with Gasteiger partial charge in [0, 0.05) is 13.0 Å². The molecule has 2 amide bonds. The predicted molar refractivity (Wildman–Crippen MR) is 80.2 cm³/mol. The number of carbonyl (C=O) groups is 2. The van der Waals surface area contributed by atoms with Crippen LogP contribution in [0.4, 0.5) is 5.00 Å². The topological polar surface area (TPSA) is 62.6 Å². The quantitative estimate of drug-likeness (QED) is 0.923. The number of thiophene rings is 1. The number of rotatable bonds is 5. The molecule has 1 aliphatic rings. The number of carbonyl (C=O) groups excluding carboxylic acids is 2. The van der Waals surface area contributed by atoms with Crippen LogP contribution in [0.2, 0.25) is 0 Å². The van der Waals surface area contributed by atoms with E-state index in [9.17, 15) is 9.59 Å². The van der Waals surface area contributed by atoms with E-state index >= 15 is 0 Å². The van der Waals surface area contributed by atoms with Crippen molar-refractivity contribution in [1.29, 1.82) is 0 Å². The van der Waals surface area contributed by atoms with Crippen LogP contribution in [-0.2, 0) is 11.3 Å². The molecule has 2 heterocycles. The van der Waals surface area contributed by atoms with E-state index in [2.05, 4.69) is 5.32 Å². The lowest BCUT2D eigenvalue weighted by Gasteiger charge is -2.14. The molecule has 1 saturated carbocycles. The Bertz CT molecular complexity index is 644. The number of nitrogens with zero attached hydrogens (tertiary/aromatic N) is 1. The van der Waals surface area contributed by atoms with E-state index in [-0.39, 0.29) is 17.7 Å². The second-order valence-electron chi connectivity index (χ2n) is 5.17. The Morgan fingerprint density at radius 3 is 2.86 bits per heavy atom. The molecule has 0 bridgehead atoms. The highest BCUT2D eigenvalue weighted by atomic mass is 32.1. The Morgan fingerprint density at radius 2 is 2.19 bits per heavy atom. The van der Waals surface area contributed by atoms with Crippen molar-refractivity contribution < 1.29 is 14.0 Å². The molecule has 110 valence electrons. The molecule has 21 heavy (non-hydrogen) atoms. The molecule has 0 atom stereocenters. The smallest absolute Gasteiger partial charge is 0.264 e. The number of hydrogen-bond donors (Lipinski definition) is 1. The van der Waals surface area contributed by atoms with Crippen molar-refractivity contribution in [2.75, 3.05) is 12.4 Å². The normalized spacial score (nSPS) is 14.0. The average Bonchev–Trinajstić information content (AvgIpc) is 3.01. The van der Waals surface area contributed by atoms with Crippen molar-refractivity contribution >= 4 is 28.2 Å². The Labute approximate surface area is 126 Å². The number of anilines is 1. The molecule has 2 aromatic heterocycles. The first kappa shape index (κ1) is 13.9. The largest absolute Gasteiger partial charge is 0.467 e. The molecule has 0 unspecified atom stereocenters. The standard InChI is InChI=1S/C15H16N2O3S/c1-17(9-11-3-2-8-20-11)15(19)12-6-7-13(21-12)16-14(18)10-4-5-10/h2-3,6-8,10H,4-5,9H2,1H3,(H,16,18). The molecule has 3 rings (SSSR count). The van der Waals surface area contributed by atoms with E-state index in [1.54, 1.807) is 36.4 Å². The molecular weight excluding hydrogens is 288 g/mol. The molecule has 0 aliphatic heterocycles. The molecule has 1 aliphatic carbocycles. The maximum Gasteiger partial charge on any atom is 0.264 e. The van der Waals surface area contributed by atoms with Crippen molar-refractivity contribution in [3.8, 4) is 0 Å². The van der Waals surface area contributed by atoms with Gasteiger partial charge in [-0.05, 0) is 37.1 Å². The number of amides is 2. The molecule has 0 saturated heterocycles. The molecule has 2 aromatic rings. The third kappa shape index (κ3) is 3.33. The molecule has 1 N–H and O–H groups in total. The lowest BCUT2D eigenvalue weighted by molar-refractivity contribution is -0.117. The van der Waals surface area contributed by atoms with E-state index in [1.165, 1.54) is 11.3 Å². The third-order valence-corrected chi connectivity index (χ3v) is 4.32. The molecule has 0 aromatic carbocycles. The fourth-order valence-electron chi connectivity index (χ4n) is 1.99. The third-order valence-electron chi connectivity index (χ3n) is 3.33. The van der Waals surface area contributed by atoms with Crippen molar-refractivity contribution in [2.24, 2.45) is 5.92 Å². The van der Waals surface area contributed by atoms with E-state index in [0.29, 0.717) is 11.4 Å². The van der Waals surface area contributed by atoms with Gasteiger partial charge in [-0.2, -0.15) is 0 Å². The summed E-state index contributed by atoms with van der Waals surface area (Å²) in [5, 5.41) is 3.58. The summed E-state index contributed by atoms with van der Waals surface area (Å²) in [6.07, 6.45) is 3.52. The van der Waals surface area contributed by atoms with Crippen LogP contribution in [-0.4, -0.2) is 23.8 Å². The fraction of sp³-hybridized carbons (Fsp3) is 0.333. The number of hydrogen-bond acceptors (Lipinski definition) is 4. The van der Waals surface area contributed by atoms with Crippen molar-refractivity contribution in [1.82, 2.24) is 4.90 Å². The number of nitrogens with one attached hydrogen (secondary N) is 1. The van der Waals surface area contributed by atoms with Crippen molar-refractivity contribution in [2.45, 2.75) is 19.4 Å². The highest BCUT2D eigenvalue weighted by Gasteiger charge is 2.30. The molecule has 0 spiro atoms. The summed E-state index contributed by atoms with van der Waals surface area (Å²) in [7, 11) is 1.73. The Morgan fingerprint density at radius 1 is 1.38 bits per heavy atom. The van der Waals surface area contributed by atoms with Crippen LogP contribution < -0.4 is 5.32 Å². The van der Waals surface area contributed by atoms with Gasteiger partial charge in [-0.15, -0.1) is 11.3 Å². The van der Waals surface area contributed by atoms with Gasteiger partial charge in [0.15, 0.2) is 0 Å². The highest BCUT2D eigenvalue weighted by Crippen LogP contribution is 2.31. The molecule has 0 radical (unpaired) electrons. The molecular formula is C15H16N2O3S. The van der Waals surface area contributed by atoms with Gasteiger partial charge >= 0.3 is 0 Å². The summed E-state index contributed by atoms with van der Waals surface area (Å²) in [5.41, 5.74) is 0. The predicted octanol–water partition coefficient (Wildman–Crippen LogP) is 2.96. The first-order valence-corrected chi connectivity index (χ1v) is 7.63. The minimum absolute atomic E-state index is 0.0554. The summed E-state index contributed by atoms with van der Waals surface area (Å²) in [4.78, 5) is 26.2. The summed E-state index contributed by atoms with van der Waals surface area (Å²) < 4.78 is 5.23. The lowest BCUT2D eigenvalue weighted by atomic mass is 10.3. The van der Waals surface area contributed by atoms with Crippen LogP contribution in [0.5, 0.6) is 0 Å². The van der Waals surface area contributed by atoms with Crippen molar-refractivity contribution in [3.05, 3.63) is 41.2 Å². The summed E-state index contributed by atoms with van der Waals surface area (Å²) >= 11 is 1.30. The monoisotopic (exact) mass is 304 g/mol. The van der Waals surface area contributed by atoms with E-state index in [1.807, 2.05) is 6.07 Å². The molecule has 6 heteroatoms. The van der Waals surface area contributed by atoms with Crippen molar-refractivity contribution in [3.63, 3.8) is 0 Å². The minimum atomic E-state index is -0.0803. The second kappa shape index (κ2) is 5.73. The molecule has 1 fully saturated rings. The minimum Gasteiger partial charge on any atom is -0.467 e. The lowest BCUT2D eigenvalue weighted by Crippen LogP contribution is -2.25. The first-order valence-electron chi connectivity index (χ1n) is 6.82. The van der Waals surface area contributed by atoms with Crippen LogP contribution in [0, 0.1) is 5.92 Å². The first-order chi connectivity index (χ1) is 10.1. The van der Waals surface area contributed by atoms with Gasteiger partial charge in [-0.3, -0.25) is 9.59 Å². The number of furan rings is 1. The van der Waals surface area contributed by atoms with Gasteiger partial charge in [-0.1, -0.05) is 0 Å². The van der Waals surface area contributed by atoms with Crippen LogP contribution in [0.15, 0.2) is 34.9 Å². The van der Waals surface area contributed by atoms with Gasteiger partial charge < -0.3 is 14.6 Å². The van der Waals surface area contributed by atoms with Crippen LogP contribution >= 0.6 is 11.3 Å². The average molecular weight is 304 g/mol.